The molecule has 26 heavy (non-hydrogen) atoms. The van der Waals surface area contributed by atoms with Crippen LogP contribution in [0.25, 0.3) is 0 Å². The van der Waals surface area contributed by atoms with Crippen molar-refractivity contribution in [3.8, 4) is 0 Å². The van der Waals surface area contributed by atoms with Gasteiger partial charge in [-0.2, -0.15) is 0 Å². The van der Waals surface area contributed by atoms with E-state index in [1.54, 1.807) is 0 Å². The van der Waals surface area contributed by atoms with Crippen molar-refractivity contribution in [3.63, 3.8) is 0 Å². The number of rotatable bonds is 2. The van der Waals surface area contributed by atoms with Crippen molar-refractivity contribution in [2.45, 2.75) is 91.6 Å². The fraction of sp³-hybridized carbons (Fsp3) is 0.700. The predicted octanol–water partition coefficient (Wildman–Crippen LogP) is 3.31. The quantitative estimate of drug-likeness (QED) is 0.759. The van der Waals surface area contributed by atoms with Crippen molar-refractivity contribution >= 4 is 25.2 Å². The molecule has 0 saturated carbocycles. The molecule has 3 rings (SSSR count). The van der Waals surface area contributed by atoms with Gasteiger partial charge < -0.3 is 18.6 Å². The Kier molecular flexibility index (Phi) is 5.76. The number of hydrogen-bond donors (Lipinski definition) is 0. The highest BCUT2D eigenvalue weighted by atomic mass is 16.7. The Morgan fingerprint density at radius 3 is 0.885 bits per heavy atom. The van der Waals surface area contributed by atoms with Gasteiger partial charge in [-0.05, 0) is 66.3 Å². The molecule has 4 nitrogen and oxygen atoms in total. The van der Waals surface area contributed by atoms with Crippen molar-refractivity contribution in [3.05, 3.63) is 24.3 Å². The molecule has 0 N–H and O–H groups in total. The van der Waals surface area contributed by atoms with Crippen LogP contribution in [-0.2, 0) is 18.6 Å². The minimum atomic E-state index is -0.345. The highest BCUT2D eigenvalue weighted by Crippen LogP contribution is 2.37. The van der Waals surface area contributed by atoms with Crippen LogP contribution in [0.15, 0.2) is 24.3 Å². The molecular weight excluding hydrogens is 326 g/mol. The molecule has 0 aromatic heterocycles. The van der Waals surface area contributed by atoms with Crippen LogP contribution in [0, 0.1) is 0 Å². The van der Waals surface area contributed by atoms with Gasteiger partial charge in [-0.25, -0.2) is 0 Å². The van der Waals surface area contributed by atoms with Gasteiger partial charge in [0.2, 0.25) is 0 Å². The molecule has 0 spiro atoms. The van der Waals surface area contributed by atoms with Gasteiger partial charge in [-0.15, -0.1) is 0 Å². The lowest BCUT2D eigenvalue weighted by atomic mass is 9.74. The molecule has 0 aliphatic carbocycles. The maximum Gasteiger partial charge on any atom is 0.494 e. The largest absolute Gasteiger partial charge is 0.494 e. The van der Waals surface area contributed by atoms with Gasteiger partial charge in [0.1, 0.15) is 0 Å². The second kappa shape index (κ2) is 6.97. The molecular formula is C20H34B2O4. The van der Waals surface area contributed by atoms with Gasteiger partial charge >= 0.3 is 14.2 Å². The Labute approximate surface area is 160 Å². The Bertz CT molecular complexity index is 536. The first-order chi connectivity index (χ1) is 11.8. The average Bonchev–Trinajstić information content (AvgIpc) is 2.89. The zero-order valence-corrected chi connectivity index (χ0v) is 18.1. The molecule has 1 aromatic rings. The Balaban J connectivity index is 0.00000117. The van der Waals surface area contributed by atoms with E-state index >= 15 is 0 Å². The third-order valence-electron chi connectivity index (χ3n) is 5.99. The van der Waals surface area contributed by atoms with Crippen molar-refractivity contribution in [1.29, 1.82) is 0 Å². The van der Waals surface area contributed by atoms with E-state index in [1.165, 1.54) is 0 Å². The molecule has 2 aliphatic rings. The van der Waals surface area contributed by atoms with E-state index in [9.17, 15) is 0 Å². The minimum Gasteiger partial charge on any atom is -0.399 e. The summed E-state index contributed by atoms with van der Waals surface area (Å²) in [6, 6.07) is 8.12. The van der Waals surface area contributed by atoms with E-state index < -0.39 is 0 Å². The molecule has 144 valence electrons. The van der Waals surface area contributed by atoms with Gasteiger partial charge in [0.25, 0.3) is 0 Å². The third kappa shape index (κ3) is 3.75. The molecule has 2 fully saturated rings. The van der Waals surface area contributed by atoms with Gasteiger partial charge in [0, 0.05) is 0 Å². The molecule has 0 bridgehead atoms. The molecule has 2 saturated heterocycles. The third-order valence-corrected chi connectivity index (χ3v) is 5.99. The van der Waals surface area contributed by atoms with E-state index in [-0.39, 0.29) is 36.6 Å². The highest BCUT2D eigenvalue weighted by molar-refractivity contribution is 6.64. The van der Waals surface area contributed by atoms with Crippen LogP contribution in [0.1, 0.15) is 69.2 Å². The van der Waals surface area contributed by atoms with E-state index in [2.05, 4.69) is 55.4 Å². The van der Waals surface area contributed by atoms with Crippen LogP contribution in [0.5, 0.6) is 0 Å². The summed E-state index contributed by atoms with van der Waals surface area (Å²) in [6.45, 7) is 20.5. The molecule has 0 unspecified atom stereocenters. The first-order valence-electron chi connectivity index (χ1n) is 9.66. The van der Waals surface area contributed by atoms with Crippen molar-refractivity contribution in [1.82, 2.24) is 0 Å². The fourth-order valence-corrected chi connectivity index (χ4v) is 2.77. The van der Waals surface area contributed by atoms with Crippen LogP contribution in [0.2, 0.25) is 0 Å². The summed E-state index contributed by atoms with van der Waals surface area (Å²) in [5.74, 6) is 0. The van der Waals surface area contributed by atoms with Gasteiger partial charge in [-0.1, -0.05) is 38.1 Å². The molecule has 6 heteroatoms. The zero-order chi connectivity index (χ0) is 20.0. The molecule has 1 aromatic carbocycles. The Morgan fingerprint density at radius 2 is 0.692 bits per heavy atom. The van der Waals surface area contributed by atoms with Crippen LogP contribution in [0.3, 0.4) is 0 Å². The maximum absolute atomic E-state index is 6.10. The summed E-state index contributed by atoms with van der Waals surface area (Å²) in [5.41, 5.74) is 0.691. The Morgan fingerprint density at radius 1 is 0.500 bits per heavy atom. The molecule has 2 aliphatic heterocycles. The number of hydrogen-bond acceptors (Lipinski definition) is 4. The Hall–Kier alpha value is -0.810. The van der Waals surface area contributed by atoms with E-state index in [0.29, 0.717) is 0 Å². The molecule has 2 heterocycles. The normalized spacial score (nSPS) is 25.0. The maximum atomic E-state index is 6.10. The average molecular weight is 360 g/mol. The van der Waals surface area contributed by atoms with Crippen molar-refractivity contribution in [2.24, 2.45) is 0 Å². The predicted molar refractivity (Wildman–Crippen MR) is 109 cm³/mol. The standard InChI is InChI=1S/C18H28B2O4.C2H6/c1-15(2)16(3,4)22-19(21-15)13-9-11-14(12-10-13)20-23-17(5,6)18(7,8)24-20;1-2/h9-12H,1-8H3;1-2H3. The van der Waals surface area contributed by atoms with Crippen LogP contribution >= 0.6 is 0 Å². The van der Waals surface area contributed by atoms with Crippen molar-refractivity contribution in [2.75, 3.05) is 0 Å². The molecule has 0 atom stereocenters. The summed E-state index contributed by atoms with van der Waals surface area (Å²) in [6.07, 6.45) is 0. The molecule has 0 radical (unpaired) electrons. The summed E-state index contributed by atoms with van der Waals surface area (Å²) >= 11 is 0. The lowest BCUT2D eigenvalue weighted by Gasteiger charge is -2.32. The van der Waals surface area contributed by atoms with Crippen molar-refractivity contribution < 1.29 is 18.6 Å². The first-order valence-corrected chi connectivity index (χ1v) is 9.66. The second-order valence-electron chi connectivity index (χ2n) is 8.84. The van der Waals surface area contributed by atoms with E-state index in [1.807, 2.05) is 38.1 Å². The summed E-state index contributed by atoms with van der Waals surface area (Å²) in [7, 11) is -0.690. The van der Waals surface area contributed by atoms with E-state index in [4.69, 9.17) is 18.6 Å². The second-order valence-corrected chi connectivity index (χ2v) is 8.84. The lowest BCUT2D eigenvalue weighted by molar-refractivity contribution is 0.00578. The monoisotopic (exact) mass is 360 g/mol. The number of benzene rings is 1. The van der Waals surface area contributed by atoms with Gasteiger partial charge in [-0.3, -0.25) is 0 Å². The lowest BCUT2D eigenvalue weighted by Crippen LogP contribution is -2.41. The fourth-order valence-electron chi connectivity index (χ4n) is 2.77. The van der Waals surface area contributed by atoms with Crippen LogP contribution < -0.4 is 10.9 Å². The van der Waals surface area contributed by atoms with Gasteiger partial charge in [0.15, 0.2) is 0 Å². The smallest absolute Gasteiger partial charge is 0.399 e. The minimum absolute atomic E-state index is 0.331. The highest BCUT2D eigenvalue weighted by Gasteiger charge is 2.53. The topological polar surface area (TPSA) is 36.9 Å². The zero-order valence-electron chi connectivity index (χ0n) is 18.1. The summed E-state index contributed by atoms with van der Waals surface area (Å²) in [5, 5.41) is 0. The van der Waals surface area contributed by atoms with E-state index in [0.717, 1.165) is 10.9 Å². The molecule has 0 amide bonds. The summed E-state index contributed by atoms with van der Waals surface area (Å²) in [4.78, 5) is 0. The van der Waals surface area contributed by atoms with Gasteiger partial charge in [0.05, 0.1) is 22.4 Å². The van der Waals surface area contributed by atoms with Crippen LogP contribution in [0.4, 0.5) is 0 Å². The SMILES string of the molecule is CC.CC1(C)OB(c2ccc(B3OC(C)(C)C(C)(C)O3)cc2)OC1(C)C. The summed E-state index contributed by atoms with van der Waals surface area (Å²) < 4.78 is 24.4. The van der Waals surface area contributed by atoms with Crippen LogP contribution in [-0.4, -0.2) is 36.6 Å². The first kappa shape index (κ1) is 21.5.